The summed E-state index contributed by atoms with van der Waals surface area (Å²) in [5.74, 6) is 0. The second kappa shape index (κ2) is 2.78. The lowest BCUT2D eigenvalue weighted by molar-refractivity contribution is 0.178. The summed E-state index contributed by atoms with van der Waals surface area (Å²) in [7, 11) is -2.60. The van der Waals surface area contributed by atoms with Crippen LogP contribution in [0.4, 0.5) is 4.79 Å². The van der Waals surface area contributed by atoms with E-state index in [1.807, 2.05) is 0 Å². The van der Waals surface area contributed by atoms with E-state index in [1.165, 1.54) is 4.90 Å². The van der Waals surface area contributed by atoms with E-state index in [1.54, 1.807) is 0 Å². The Hall–Kier alpha value is -0.910. The van der Waals surface area contributed by atoms with Crippen molar-refractivity contribution in [3.05, 3.63) is 0 Å². The van der Waals surface area contributed by atoms with E-state index in [2.05, 4.69) is 4.36 Å². The molecule has 1 aliphatic heterocycles. The number of likely N-dealkylation sites (tertiary alicyclic amines) is 1. The van der Waals surface area contributed by atoms with Gasteiger partial charge in [0.15, 0.2) is 0 Å². The first-order valence-electron chi connectivity index (χ1n) is 2.80. The molecule has 1 heterocycles. The van der Waals surface area contributed by atoms with Crippen LogP contribution in [0.15, 0.2) is 4.36 Å². The van der Waals surface area contributed by atoms with Crippen LogP contribution in [0.3, 0.4) is 0 Å². The number of hydrogen-bond donors (Lipinski definition) is 0. The molecule has 2 amide bonds. The highest BCUT2D eigenvalue weighted by molar-refractivity contribution is 7.62. The highest BCUT2D eigenvalue weighted by Gasteiger charge is 2.19. The fourth-order valence-corrected chi connectivity index (χ4v) is 0.872. The number of amides is 2. The highest BCUT2D eigenvalue weighted by Crippen LogP contribution is 2.06. The van der Waals surface area contributed by atoms with Crippen molar-refractivity contribution in [1.82, 2.24) is 4.90 Å². The van der Waals surface area contributed by atoms with Crippen LogP contribution in [0, 0.1) is 0 Å². The fraction of sp³-hybridized carbons (Fsp3) is 0.750. The van der Waals surface area contributed by atoms with Crippen LogP contribution >= 0.6 is 0 Å². The lowest BCUT2D eigenvalue weighted by Gasteiger charge is -2.27. The number of carbonyl (C=O) groups excluding carboxylic acids is 1. The van der Waals surface area contributed by atoms with Gasteiger partial charge in [-0.05, 0) is 6.42 Å². The quantitative estimate of drug-likeness (QED) is 0.498. The Balaban J connectivity index is 2.57. The van der Waals surface area contributed by atoms with E-state index in [-0.39, 0.29) is 0 Å². The maximum absolute atomic E-state index is 10.6. The third kappa shape index (κ3) is 1.53. The second-order valence-corrected chi connectivity index (χ2v) is 2.55. The summed E-state index contributed by atoms with van der Waals surface area (Å²) in [6, 6.07) is -0.653. The van der Waals surface area contributed by atoms with Gasteiger partial charge in [0, 0.05) is 13.1 Å². The molecule has 0 radical (unpaired) electrons. The van der Waals surface area contributed by atoms with Gasteiger partial charge in [-0.2, -0.15) is 8.42 Å². The molecule has 0 aromatic carbocycles. The maximum Gasteiger partial charge on any atom is 0.358 e. The van der Waals surface area contributed by atoms with Crippen molar-refractivity contribution in [1.29, 1.82) is 0 Å². The van der Waals surface area contributed by atoms with Crippen LogP contribution in [0.25, 0.3) is 0 Å². The number of urea groups is 1. The van der Waals surface area contributed by atoms with Gasteiger partial charge in [0.05, 0.1) is 0 Å². The average Bonchev–Trinajstić information content (AvgIpc) is 1.55. The summed E-state index contributed by atoms with van der Waals surface area (Å²) in [6.45, 7) is 1.25. The third-order valence-electron chi connectivity index (χ3n) is 1.28. The predicted molar refractivity (Wildman–Crippen MR) is 32.9 cm³/mol. The summed E-state index contributed by atoms with van der Waals surface area (Å²) < 4.78 is 22.5. The molecule has 0 bridgehead atoms. The zero-order valence-corrected chi connectivity index (χ0v) is 5.97. The molecule has 1 aliphatic rings. The molecule has 0 saturated carbocycles. The molecule has 1 rings (SSSR count). The van der Waals surface area contributed by atoms with Gasteiger partial charge < -0.3 is 4.90 Å². The molecule has 56 valence electrons. The molecule has 0 aromatic heterocycles. The maximum atomic E-state index is 10.6. The largest absolute Gasteiger partial charge is 0.358 e. The van der Waals surface area contributed by atoms with Gasteiger partial charge in [-0.1, -0.05) is 4.36 Å². The minimum absolute atomic E-state index is 0.625. The van der Waals surface area contributed by atoms with Gasteiger partial charge in [-0.25, -0.2) is 4.79 Å². The molecule has 0 atom stereocenters. The van der Waals surface area contributed by atoms with Gasteiger partial charge >= 0.3 is 16.5 Å². The average molecular weight is 162 g/mol. The Morgan fingerprint density at radius 3 is 2.30 bits per heavy atom. The van der Waals surface area contributed by atoms with Gasteiger partial charge in [0.25, 0.3) is 0 Å². The van der Waals surface area contributed by atoms with E-state index in [9.17, 15) is 13.2 Å². The summed E-state index contributed by atoms with van der Waals surface area (Å²) in [6.07, 6.45) is 0.937. The molecule has 0 spiro atoms. The van der Waals surface area contributed by atoms with Crippen LogP contribution in [0.5, 0.6) is 0 Å². The minimum atomic E-state index is -2.60. The molecular weight excluding hydrogens is 156 g/mol. The van der Waals surface area contributed by atoms with Gasteiger partial charge in [0.1, 0.15) is 0 Å². The smallest absolute Gasteiger partial charge is 0.322 e. The Kier molecular flexibility index (Phi) is 2.00. The van der Waals surface area contributed by atoms with Crippen molar-refractivity contribution >= 4 is 16.5 Å². The second-order valence-electron chi connectivity index (χ2n) is 1.93. The molecule has 1 fully saturated rings. The van der Waals surface area contributed by atoms with Crippen LogP contribution < -0.4 is 0 Å². The minimum Gasteiger partial charge on any atom is -0.322 e. The molecule has 0 aliphatic carbocycles. The number of hydrogen-bond acceptors (Lipinski definition) is 3. The first-order valence-corrected chi connectivity index (χ1v) is 3.83. The first kappa shape index (κ1) is 7.20. The first-order chi connectivity index (χ1) is 4.70. The molecular formula is C4H6N2O3S. The van der Waals surface area contributed by atoms with Crippen LogP contribution in [-0.4, -0.2) is 32.4 Å². The normalized spacial score (nSPS) is 15.8. The van der Waals surface area contributed by atoms with E-state index < -0.39 is 16.5 Å². The van der Waals surface area contributed by atoms with E-state index >= 15 is 0 Å². The number of carbonyl (C=O) groups is 1. The fourth-order valence-electron chi connectivity index (χ4n) is 0.629. The van der Waals surface area contributed by atoms with Crippen molar-refractivity contribution in [3.63, 3.8) is 0 Å². The van der Waals surface area contributed by atoms with Gasteiger partial charge in [0.2, 0.25) is 0 Å². The Morgan fingerprint density at radius 2 is 2.00 bits per heavy atom. The highest BCUT2D eigenvalue weighted by atomic mass is 32.2. The van der Waals surface area contributed by atoms with Crippen LogP contribution in [-0.2, 0) is 10.5 Å². The van der Waals surface area contributed by atoms with Crippen molar-refractivity contribution in [3.8, 4) is 0 Å². The lowest BCUT2D eigenvalue weighted by Crippen LogP contribution is -2.40. The summed E-state index contributed by atoms with van der Waals surface area (Å²) >= 11 is 0. The lowest BCUT2D eigenvalue weighted by atomic mass is 10.2. The molecule has 6 heteroatoms. The predicted octanol–water partition coefficient (Wildman–Crippen LogP) is -0.125. The van der Waals surface area contributed by atoms with Crippen molar-refractivity contribution < 1.29 is 13.2 Å². The topological polar surface area (TPSA) is 66.8 Å². The third-order valence-corrected chi connectivity index (χ3v) is 1.58. The molecule has 0 unspecified atom stereocenters. The SMILES string of the molecule is O=C(N=S(=O)=O)N1CCC1. The number of nitrogens with zero attached hydrogens (tertiary/aromatic N) is 2. The molecule has 5 nitrogen and oxygen atoms in total. The van der Waals surface area contributed by atoms with E-state index in [0.29, 0.717) is 13.1 Å². The van der Waals surface area contributed by atoms with E-state index in [4.69, 9.17) is 0 Å². The summed E-state index contributed by atoms with van der Waals surface area (Å²) in [4.78, 5) is 12.0. The molecule has 0 N–H and O–H groups in total. The van der Waals surface area contributed by atoms with Crippen LogP contribution in [0.2, 0.25) is 0 Å². The van der Waals surface area contributed by atoms with Gasteiger partial charge in [-0.3, -0.25) is 0 Å². The number of rotatable bonds is 0. The molecule has 1 saturated heterocycles. The van der Waals surface area contributed by atoms with Gasteiger partial charge in [-0.15, -0.1) is 0 Å². The molecule has 10 heavy (non-hydrogen) atoms. The Morgan fingerprint density at radius 1 is 1.40 bits per heavy atom. The van der Waals surface area contributed by atoms with Crippen molar-refractivity contribution in [2.45, 2.75) is 6.42 Å². The summed E-state index contributed by atoms with van der Waals surface area (Å²) in [5.41, 5.74) is 0. The Labute approximate surface area is 59.3 Å². The monoisotopic (exact) mass is 162 g/mol. The zero-order chi connectivity index (χ0) is 7.56. The van der Waals surface area contributed by atoms with E-state index in [0.717, 1.165) is 6.42 Å². The zero-order valence-electron chi connectivity index (χ0n) is 5.15. The van der Waals surface area contributed by atoms with Crippen molar-refractivity contribution in [2.75, 3.05) is 13.1 Å². The standard InChI is InChI=1S/C4H6N2O3S/c7-4(5-10(8)9)6-2-1-3-6/h1-3H2. The van der Waals surface area contributed by atoms with Crippen molar-refractivity contribution in [2.24, 2.45) is 4.36 Å². The molecule has 0 aromatic rings. The van der Waals surface area contributed by atoms with Crippen LogP contribution in [0.1, 0.15) is 6.42 Å². The summed E-state index contributed by atoms with van der Waals surface area (Å²) in [5, 5.41) is 0. The Bertz CT molecular complexity index is 256.